The molecule has 0 bridgehead atoms. The average molecular weight is 488 g/mol. The minimum absolute atomic E-state index is 0.187. The molecule has 0 aliphatic heterocycles. The van der Waals surface area contributed by atoms with Crippen LogP contribution >= 0.6 is 11.8 Å². The average Bonchev–Trinajstić information content (AvgIpc) is 2.99. The van der Waals surface area contributed by atoms with E-state index in [0.717, 1.165) is 11.0 Å². The molecule has 4 rings (SSSR count). The molecule has 0 unspecified atom stereocenters. The third kappa shape index (κ3) is 4.36. The van der Waals surface area contributed by atoms with Crippen LogP contribution in [0, 0.1) is 12.7 Å². The maximum atomic E-state index is 14.0. The van der Waals surface area contributed by atoms with Crippen molar-refractivity contribution in [3.63, 3.8) is 0 Å². The van der Waals surface area contributed by atoms with Gasteiger partial charge in [0.25, 0.3) is 10.0 Å². The molecule has 10 heteroatoms. The topological polar surface area (TPSA) is 82.3 Å². The summed E-state index contributed by atoms with van der Waals surface area (Å²) in [4.78, 5) is 13.7. The lowest BCUT2D eigenvalue weighted by atomic mass is 10.2. The first-order valence-corrected chi connectivity index (χ1v) is 12.2. The van der Waals surface area contributed by atoms with E-state index in [1.807, 2.05) is 12.1 Å². The Morgan fingerprint density at radius 2 is 1.61 bits per heavy atom. The molecule has 0 aliphatic carbocycles. The van der Waals surface area contributed by atoms with Crippen molar-refractivity contribution in [1.29, 1.82) is 0 Å². The fraction of sp³-hybridized carbons (Fsp3) is 0.174. The van der Waals surface area contributed by atoms with E-state index in [1.54, 1.807) is 52.4 Å². The van der Waals surface area contributed by atoms with E-state index < -0.39 is 15.8 Å². The number of ether oxygens (including phenoxy) is 1. The summed E-state index contributed by atoms with van der Waals surface area (Å²) in [7, 11) is 0.774. The molecular weight excluding hydrogens is 465 g/mol. The van der Waals surface area contributed by atoms with Gasteiger partial charge in [-0.25, -0.2) is 17.6 Å². The van der Waals surface area contributed by atoms with Crippen molar-refractivity contribution in [3.8, 4) is 5.75 Å². The number of hydrogen-bond acceptors (Lipinski definition) is 5. The Hall–Kier alpha value is -3.24. The van der Waals surface area contributed by atoms with E-state index in [9.17, 15) is 17.6 Å². The molecule has 4 aromatic rings. The number of hydrogen-bond donors (Lipinski definition) is 1. The third-order valence-corrected chi connectivity index (χ3v) is 7.79. The van der Waals surface area contributed by atoms with Gasteiger partial charge < -0.3 is 4.74 Å². The fourth-order valence-electron chi connectivity index (χ4n) is 3.41. The maximum Gasteiger partial charge on any atom is 0.328 e. The molecule has 1 aromatic heterocycles. The maximum absolute atomic E-state index is 14.0. The monoisotopic (exact) mass is 487 g/mol. The third-order valence-electron chi connectivity index (χ3n) is 5.36. The van der Waals surface area contributed by atoms with Crippen molar-refractivity contribution >= 4 is 38.5 Å². The van der Waals surface area contributed by atoms with Crippen LogP contribution in [-0.2, 0) is 24.1 Å². The molecule has 1 N–H and O–H groups in total. The van der Waals surface area contributed by atoms with Crippen LogP contribution in [0.5, 0.6) is 5.75 Å². The van der Waals surface area contributed by atoms with Gasteiger partial charge in [0.2, 0.25) is 0 Å². The zero-order valence-electron chi connectivity index (χ0n) is 18.4. The fourth-order valence-corrected chi connectivity index (χ4v) is 5.47. The lowest BCUT2D eigenvalue weighted by Crippen LogP contribution is -2.19. The van der Waals surface area contributed by atoms with E-state index in [4.69, 9.17) is 4.74 Å². The standard InChI is InChI=1S/C23H22FN3O4S2/c1-14-5-10-17(11-18(14)24)33(29,30)25-19-12-20-21(27(3)23(28)26(20)2)13-22(19)32-16-8-6-15(31-4)7-9-16/h5-13,25H,1-4H3. The van der Waals surface area contributed by atoms with Crippen molar-refractivity contribution in [2.45, 2.75) is 21.6 Å². The summed E-state index contributed by atoms with van der Waals surface area (Å²) < 4.78 is 50.9. The number of aryl methyl sites for hydroxylation is 3. The zero-order valence-corrected chi connectivity index (χ0v) is 20.1. The Balaban J connectivity index is 1.83. The number of imidazole rings is 1. The second-order valence-electron chi connectivity index (χ2n) is 7.53. The van der Waals surface area contributed by atoms with Crippen LogP contribution in [0.4, 0.5) is 10.1 Å². The van der Waals surface area contributed by atoms with Gasteiger partial charge in [-0.3, -0.25) is 13.9 Å². The summed E-state index contributed by atoms with van der Waals surface area (Å²) in [5.74, 6) is 0.0918. The van der Waals surface area contributed by atoms with Gasteiger partial charge in [0, 0.05) is 23.9 Å². The van der Waals surface area contributed by atoms with E-state index in [0.29, 0.717) is 27.2 Å². The van der Waals surface area contributed by atoms with Crippen LogP contribution < -0.4 is 15.1 Å². The molecular formula is C23H22FN3O4S2. The Morgan fingerprint density at radius 1 is 0.970 bits per heavy atom. The number of methoxy groups -OCH3 is 1. The Kier molecular flexibility index (Phi) is 5.98. The molecule has 1 heterocycles. The molecule has 0 atom stereocenters. The quantitative estimate of drug-likeness (QED) is 0.439. The Labute approximate surface area is 194 Å². The number of nitrogens with one attached hydrogen (secondary N) is 1. The van der Waals surface area contributed by atoms with Gasteiger partial charge in [0.1, 0.15) is 11.6 Å². The highest BCUT2D eigenvalue weighted by atomic mass is 32.2. The van der Waals surface area contributed by atoms with Crippen LogP contribution in [0.3, 0.4) is 0 Å². The minimum Gasteiger partial charge on any atom is -0.497 e. The molecule has 172 valence electrons. The van der Waals surface area contributed by atoms with Gasteiger partial charge in [-0.15, -0.1) is 0 Å². The number of aromatic nitrogens is 2. The lowest BCUT2D eigenvalue weighted by molar-refractivity contribution is 0.414. The molecule has 0 fully saturated rings. The van der Waals surface area contributed by atoms with Crippen molar-refractivity contribution in [2.24, 2.45) is 14.1 Å². The molecule has 0 amide bonds. The van der Waals surface area contributed by atoms with Gasteiger partial charge in [-0.1, -0.05) is 17.8 Å². The van der Waals surface area contributed by atoms with Gasteiger partial charge in [0.15, 0.2) is 0 Å². The molecule has 3 aromatic carbocycles. The summed E-state index contributed by atoms with van der Waals surface area (Å²) in [6.07, 6.45) is 0. The highest BCUT2D eigenvalue weighted by Crippen LogP contribution is 2.38. The predicted molar refractivity (Wildman–Crippen MR) is 127 cm³/mol. The van der Waals surface area contributed by atoms with E-state index >= 15 is 0 Å². The first kappa shape index (κ1) is 22.9. The smallest absolute Gasteiger partial charge is 0.328 e. The summed E-state index contributed by atoms with van der Waals surface area (Å²) in [5, 5.41) is 0. The van der Waals surface area contributed by atoms with Crippen molar-refractivity contribution < 1.29 is 17.5 Å². The van der Waals surface area contributed by atoms with E-state index in [1.165, 1.54) is 33.0 Å². The van der Waals surface area contributed by atoms with Crippen LogP contribution in [0.15, 0.2) is 74.1 Å². The normalized spacial score (nSPS) is 11.7. The van der Waals surface area contributed by atoms with E-state index in [-0.39, 0.29) is 16.3 Å². The van der Waals surface area contributed by atoms with Crippen molar-refractivity contribution in [3.05, 3.63) is 76.5 Å². The molecule has 0 aliphatic rings. The number of fused-ring (bicyclic) bond motifs is 1. The molecule has 0 saturated heterocycles. The number of halogens is 1. The van der Waals surface area contributed by atoms with Gasteiger partial charge >= 0.3 is 5.69 Å². The van der Waals surface area contributed by atoms with Gasteiger partial charge in [-0.2, -0.15) is 0 Å². The molecule has 0 spiro atoms. The van der Waals surface area contributed by atoms with Crippen LogP contribution in [-0.4, -0.2) is 24.7 Å². The summed E-state index contributed by atoms with van der Waals surface area (Å²) >= 11 is 1.33. The highest BCUT2D eigenvalue weighted by molar-refractivity contribution is 7.99. The molecule has 7 nitrogen and oxygen atoms in total. The second-order valence-corrected chi connectivity index (χ2v) is 10.3. The highest BCUT2D eigenvalue weighted by Gasteiger charge is 2.20. The zero-order chi connectivity index (χ0) is 23.9. The summed E-state index contributed by atoms with van der Waals surface area (Å²) in [5.41, 5.74) is 1.62. The Morgan fingerprint density at radius 3 is 2.21 bits per heavy atom. The number of sulfonamides is 1. The van der Waals surface area contributed by atoms with Gasteiger partial charge in [0.05, 0.1) is 28.7 Å². The SMILES string of the molecule is COc1ccc(Sc2cc3c(cc2NS(=O)(=O)c2ccc(C)c(F)c2)n(C)c(=O)n3C)cc1. The summed E-state index contributed by atoms with van der Waals surface area (Å²) in [6.45, 7) is 1.56. The van der Waals surface area contributed by atoms with Crippen LogP contribution in [0.25, 0.3) is 11.0 Å². The van der Waals surface area contributed by atoms with E-state index in [2.05, 4.69) is 4.72 Å². The number of rotatable bonds is 6. The van der Waals surface area contributed by atoms with Crippen molar-refractivity contribution in [2.75, 3.05) is 11.8 Å². The van der Waals surface area contributed by atoms with Crippen LogP contribution in [0.1, 0.15) is 5.56 Å². The predicted octanol–water partition coefficient (Wildman–Crippen LogP) is 4.29. The van der Waals surface area contributed by atoms with Crippen molar-refractivity contribution in [1.82, 2.24) is 9.13 Å². The lowest BCUT2D eigenvalue weighted by Gasteiger charge is -2.14. The number of benzene rings is 3. The summed E-state index contributed by atoms with van der Waals surface area (Å²) in [6, 6.07) is 14.5. The molecule has 33 heavy (non-hydrogen) atoms. The second kappa shape index (κ2) is 8.60. The minimum atomic E-state index is -4.08. The van der Waals surface area contributed by atoms with Gasteiger partial charge in [-0.05, 0) is 61.0 Å². The first-order chi connectivity index (χ1) is 15.6. The molecule has 0 saturated carbocycles. The first-order valence-electron chi connectivity index (χ1n) is 9.91. The Bertz CT molecular complexity index is 1520. The number of anilines is 1. The van der Waals surface area contributed by atoms with Crippen LogP contribution in [0.2, 0.25) is 0 Å². The molecule has 0 radical (unpaired) electrons. The largest absolute Gasteiger partial charge is 0.497 e. The number of nitrogens with zero attached hydrogens (tertiary/aromatic N) is 2.